The lowest BCUT2D eigenvalue weighted by Crippen LogP contribution is -2.55. The van der Waals surface area contributed by atoms with Crippen molar-refractivity contribution in [2.24, 2.45) is 0 Å². The second-order valence-corrected chi connectivity index (χ2v) is 11.3. The smallest absolute Gasteiger partial charge is 0.339 e. The predicted molar refractivity (Wildman–Crippen MR) is 162 cm³/mol. The molecule has 0 unspecified atom stereocenters. The number of para-hydroxylation sites is 1. The zero-order valence-corrected chi connectivity index (χ0v) is 25.0. The van der Waals surface area contributed by atoms with Crippen LogP contribution >= 0.6 is 0 Å². The van der Waals surface area contributed by atoms with Gasteiger partial charge in [0.1, 0.15) is 24.2 Å². The van der Waals surface area contributed by atoms with E-state index in [2.05, 4.69) is 5.32 Å². The van der Waals surface area contributed by atoms with E-state index in [9.17, 15) is 37.2 Å². The molecule has 1 aromatic heterocycles. The Kier molecular flexibility index (Phi) is 8.27. The van der Waals surface area contributed by atoms with Crippen LogP contribution in [0.2, 0.25) is 0 Å². The summed E-state index contributed by atoms with van der Waals surface area (Å²) in [6, 6.07) is 18.2. The van der Waals surface area contributed by atoms with Crippen LogP contribution in [0.1, 0.15) is 63.2 Å². The molecule has 3 amide bonds. The largest absolute Gasteiger partial charge is 0.416 e. The fraction of sp³-hybridized carbons (Fsp3) is 0.265. The number of hydrogen-bond acceptors (Lipinski definition) is 5. The van der Waals surface area contributed by atoms with Gasteiger partial charge in [0, 0.05) is 29.6 Å². The molecule has 0 radical (unpaired) electrons. The lowest BCUT2D eigenvalue weighted by Gasteiger charge is -2.38. The number of anilines is 1. The Morgan fingerprint density at radius 3 is 2.36 bits per heavy atom. The lowest BCUT2D eigenvalue weighted by molar-refractivity contribution is -0.137. The third-order valence-corrected chi connectivity index (χ3v) is 8.31. The van der Waals surface area contributed by atoms with E-state index in [1.807, 2.05) is 6.07 Å². The van der Waals surface area contributed by atoms with Gasteiger partial charge >= 0.3 is 6.18 Å². The molecule has 1 saturated carbocycles. The number of fused-ring (bicyclic) bond motifs is 1. The number of nitriles is 1. The summed E-state index contributed by atoms with van der Waals surface area (Å²) in [6.07, 6.45) is -3.31. The molecule has 9 nitrogen and oxygen atoms in total. The molecule has 1 fully saturated rings. The number of hydrogen-bond donors (Lipinski definition) is 1. The minimum atomic E-state index is -4.71. The Morgan fingerprint density at radius 2 is 1.74 bits per heavy atom. The van der Waals surface area contributed by atoms with E-state index < -0.39 is 47.2 Å². The van der Waals surface area contributed by atoms with Gasteiger partial charge in [-0.3, -0.25) is 19.3 Å². The summed E-state index contributed by atoms with van der Waals surface area (Å²) < 4.78 is 56.1. The first-order valence-corrected chi connectivity index (χ1v) is 14.9. The van der Waals surface area contributed by atoms with E-state index in [0.717, 1.165) is 12.1 Å². The van der Waals surface area contributed by atoms with E-state index in [0.29, 0.717) is 30.2 Å². The summed E-state index contributed by atoms with van der Waals surface area (Å²) in [4.78, 5) is 45.0. The monoisotopic (exact) mass is 644 g/mol. The standard InChI is InChI=1S/C34H28F4N6O3/c1-2-42-31-27(29(33(47)43(18-17-39)24-15-16-24)41-44(31)25-9-4-3-5-10-25)26(20-11-13-23(35)14-12-20)28(32(42)46)40-30(45)21-7-6-8-22(19-21)34(36,37)38/h3-14,19,24,26,28H,2,15-16,18H2,1H3,(H,40,45)/t26-,28-/m0/s1. The lowest BCUT2D eigenvalue weighted by atomic mass is 9.80. The van der Waals surface area contributed by atoms with Crippen LogP contribution in [-0.2, 0) is 11.0 Å². The first-order chi connectivity index (χ1) is 22.5. The molecule has 2 aliphatic rings. The van der Waals surface area contributed by atoms with Gasteiger partial charge in [0.05, 0.1) is 17.3 Å². The molecule has 47 heavy (non-hydrogen) atoms. The first-order valence-electron chi connectivity index (χ1n) is 14.9. The maximum absolute atomic E-state index is 14.4. The highest BCUT2D eigenvalue weighted by Crippen LogP contribution is 2.44. The van der Waals surface area contributed by atoms with Crippen molar-refractivity contribution < 1.29 is 31.9 Å². The highest BCUT2D eigenvalue weighted by Gasteiger charge is 2.48. The maximum atomic E-state index is 14.4. The van der Waals surface area contributed by atoms with Crippen LogP contribution in [0.15, 0.2) is 78.9 Å². The molecule has 1 aliphatic carbocycles. The molecular formula is C34H28F4N6O3. The number of halogens is 4. The van der Waals surface area contributed by atoms with E-state index in [-0.39, 0.29) is 41.8 Å². The van der Waals surface area contributed by atoms with Crippen molar-refractivity contribution in [3.05, 3.63) is 113 Å². The molecule has 0 spiro atoms. The average Bonchev–Trinajstić information content (AvgIpc) is 3.84. The van der Waals surface area contributed by atoms with Gasteiger partial charge in [-0.15, -0.1) is 0 Å². The van der Waals surface area contributed by atoms with E-state index in [4.69, 9.17) is 5.10 Å². The van der Waals surface area contributed by atoms with Gasteiger partial charge in [0.2, 0.25) is 0 Å². The number of benzene rings is 3. The van der Waals surface area contributed by atoms with Crippen molar-refractivity contribution >= 4 is 23.5 Å². The fourth-order valence-electron chi connectivity index (χ4n) is 5.96. The fourth-order valence-corrected chi connectivity index (χ4v) is 5.96. The van der Waals surface area contributed by atoms with Crippen LogP contribution in [0.5, 0.6) is 0 Å². The summed E-state index contributed by atoms with van der Waals surface area (Å²) in [6.45, 7) is 1.57. The van der Waals surface area contributed by atoms with Crippen LogP contribution < -0.4 is 10.2 Å². The number of alkyl halides is 3. The third kappa shape index (κ3) is 5.94. The molecule has 1 N–H and O–H groups in total. The zero-order chi connectivity index (χ0) is 33.5. The SMILES string of the molecule is CCN1C(=O)[C@@H](NC(=O)c2cccc(C(F)(F)F)c2)[C@@H](c2ccc(F)cc2)c2c(C(=O)N(CC#N)C3CC3)nn(-c3ccccc3)c21. The second kappa shape index (κ2) is 12.4. The highest BCUT2D eigenvalue weighted by molar-refractivity contribution is 6.07. The number of nitrogens with one attached hydrogen (secondary N) is 1. The van der Waals surface area contributed by atoms with Crippen molar-refractivity contribution in [3.8, 4) is 11.8 Å². The minimum absolute atomic E-state index is 0.0652. The molecule has 6 rings (SSSR count). The van der Waals surface area contributed by atoms with Crippen LogP contribution in [0, 0.1) is 17.1 Å². The number of aromatic nitrogens is 2. The maximum Gasteiger partial charge on any atom is 0.416 e. The quantitative estimate of drug-likeness (QED) is 0.203. The van der Waals surface area contributed by atoms with Crippen molar-refractivity contribution in [2.75, 3.05) is 18.0 Å². The molecule has 240 valence electrons. The Labute approximate surface area is 267 Å². The van der Waals surface area contributed by atoms with Crippen LogP contribution in [0.25, 0.3) is 5.69 Å². The second-order valence-electron chi connectivity index (χ2n) is 11.3. The number of rotatable bonds is 8. The van der Waals surface area contributed by atoms with Gasteiger partial charge in [-0.2, -0.15) is 23.5 Å². The first kappa shape index (κ1) is 31.5. The number of nitrogens with zero attached hydrogens (tertiary/aromatic N) is 5. The minimum Gasteiger partial charge on any atom is -0.339 e. The van der Waals surface area contributed by atoms with E-state index >= 15 is 0 Å². The van der Waals surface area contributed by atoms with Crippen molar-refractivity contribution in [1.29, 1.82) is 5.26 Å². The van der Waals surface area contributed by atoms with Crippen LogP contribution in [0.3, 0.4) is 0 Å². The molecule has 2 heterocycles. The predicted octanol–water partition coefficient (Wildman–Crippen LogP) is 5.46. The summed E-state index contributed by atoms with van der Waals surface area (Å²) in [5.41, 5.74) is -0.302. The number of carbonyl (C=O) groups excluding carboxylic acids is 3. The molecule has 13 heteroatoms. The summed E-state index contributed by atoms with van der Waals surface area (Å²) in [7, 11) is 0. The summed E-state index contributed by atoms with van der Waals surface area (Å²) in [5.74, 6) is -3.55. The third-order valence-electron chi connectivity index (χ3n) is 8.31. The molecular weight excluding hydrogens is 616 g/mol. The molecule has 2 atom stereocenters. The Bertz CT molecular complexity index is 1880. The van der Waals surface area contributed by atoms with Gasteiger partial charge < -0.3 is 10.2 Å². The number of amides is 3. The number of carbonyl (C=O) groups is 3. The summed E-state index contributed by atoms with van der Waals surface area (Å²) in [5, 5.41) is 16.9. The van der Waals surface area contributed by atoms with Crippen molar-refractivity contribution in [1.82, 2.24) is 20.0 Å². The van der Waals surface area contributed by atoms with Crippen molar-refractivity contribution in [3.63, 3.8) is 0 Å². The van der Waals surface area contributed by atoms with Crippen molar-refractivity contribution in [2.45, 2.75) is 43.9 Å². The van der Waals surface area contributed by atoms with Crippen LogP contribution in [-0.4, -0.2) is 57.6 Å². The molecule has 4 aromatic rings. The Balaban J connectivity index is 1.56. The topological polar surface area (TPSA) is 111 Å². The molecule has 0 bridgehead atoms. The van der Waals surface area contributed by atoms with E-state index in [1.165, 1.54) is 44.8 Å². The number of likely N-dealkylation sites (N-methyl/N-ethyl adjacent to an activating group) is 1. The van der Waals surface area contributed by atoms with Gasteiger partial charge in [-0.1, -0.05) is 36.4 Å². The van der Waals surface area contributed by atoms with Crippen LogP contribution in [0.4, 0.5) is 23.4 Å². The molecule has 3 aromatic carbocycles. The van der Waals surface area contributed by atoms with Gasteiger partial charge in [-0.25, -0.2) is 9.07 Å². The van der Waals surface area contributed by atoms with Gasteiger partial charge in [0.15, 0.2) is 5.69 Å². The molecule has 0 saturated heterocycles. The normalized spacial score (nSPS) is 17.5. The highest BCUT2D eigenvalue weighted by atomic mass is 19.4. The molecule has 1 aliphatic heterocycles. The Hall–Kier alpha value is -5.51. The Morgan fingerprint density at radius 1 is 1.04 bits per heavy atom. The van der Waals surface area contributed by atoms with E-state index in [1.54, 1.807) is 37.3 Å². The summed E-state index contributed by atoms with van der Waals surface area (Å²) >= 11 is 0. The van der Waals surface area contributed by atoms with Gasteiger partial charge in [-0.05, 0) is 67.8 Å². The van der Waals surface area contributed by atoms with Gasteiger partial charge in [0.25, 0.3) is 17.7 Å². The zero-order valence-electron chi connectivity index (χ0n) is 25.0. The average molecular weight is 645 g/mol.